The molecule has 0 spiro atoms. The average Bonchev–Trinajstić information content (AvgIpc) is 3.10. The summed E-state index contributed by atoms with van der Waals surface area (Å²) in [5.41, 5.74) is 5.65. The van der Waals surface area contributed by atoms with Crippen molar-refractivity contribution in [3.63, 3.8) is 0 Å². The summed E-state index contributed by atoms with van der Waals surface area (Å²) in [6.45, 7) is 14.0. The van der Waals surface area contributed by atoms with Gasteiger partial charge in [-0.05, 0) is 62.7 Å². The van der Waals surface area contributed by atoms with Crippen LogP contribution >= 0.6 is 23.7 Å². The van der Waals surface area contributed by atoms with E-state index in [2.05, 4.69) is 69.9 Å². The average molecular weight is 446 g/mol. The largest absolute Gasteiger partial charge is 0.302 e. The maximum atomic E-state index is 13.4. The third kappa shape index (κ3) is 5.81. The van der Waals surface area contributed by atoms with Crippen molar-refractivity contribution >= 4 is 45.0 Å². The molecule has 1 heterocycles. The monoisotopic (exact) mass is 445 g/mol. The Balaban J connectivity index is 0.00000320. The minimum Gasteiger partial charge on any atom is -0.302 e. The van der Waals surface area contributed by atoms with Crippen molar-refractivity contribution in [2.24, 2.45) is 0 Å². The van der Waals surface area contributed by atoms with E-state index >= 15 is 0 Å². The Hall–Kier alpha value is -1.95. The molecule has 0 N–H and O–H groups in total. The lowest BCUT2D eigenvalue weighted by molar-refractivity contribution is -0.118. The number of aryl methyl sites for hydroxylation is 3. The maximum Gasteiger partial charge on any atom is 0.233 e. The second kappa shape index (κ2) is 10.9. The summed E-state index contributed by atoms with van der Waals surface area (Å²) >= 11 is 1.61. The van der Waals surface area contributed by atoms with Gasteiger partial charge in [0.25, 0.3) is 0 Å². The first-order valence-electron chi connectivity index (χ1n) is 10.4. The Kier molecular flexibility index (Phi) is 8.83. The number of hydrogen-bond donors (Lipinski definition) is 0. The highest BCUT2D eigenvalue weighted by Crippen LogP contribution is 2.30. The molecule has 0 saturated heterocycles. The topological polar surface area (TPSA) is 36.4 Å². The van der Waals surface area contributed by atoms with Crippen LogP contribution in [0.15, 0.2) is 36.4 Å². The number of aromatic nitrogens is 1. The van der Waals surface area contributed by atoms with Crippen LogP contribution in [0.3, 0.4) is 0 Å². The molecule has 0 radical (unpaired) electrons. The van der Waals surface area contributed by atoms with E-state index in [9.17, 15) is 4.79 Å². The van der Waals surface area contributed by atoms with Gasteiger partial charge >= 0.3 is 0 Å². The van der Waals surface area contributed by atoms with Gasteiger partial charge in [-0.15, -0.1) is 12.4 Å². The molecule has 30 heavy (non-hydrogen) atoms. The summed E-state index contributed by atoms with van der Waals surface area (Å²) < 4.78 is 1.13. The highest BCUT2D eigenvalue weighted by Gasteiger charge is 2.21. The molecule has 4 nitrogen and oxygen atoms in total. The molecular formula is C24H32ClN3OS. The summed E-state index contributed by atoms with van der Waals surface area (Å²) in [4.78, 5) is 22.4. The highest BCUT2D eigenvalue weighted by atomic mass is 35.5. The van der Waals surface area contributed by atoms with Crippen LogP contribution in [-0.4, -0.2) is 42.0 Å². The third-order valence-corrected chi connectivity index (χ3v) is 6.48. The lowest BCUT2D eigenvalue weighted by Crippen LogP contribution is -2.39. The number of carbonyl (C=O) groups excluding carboxylic acids is 1. The number of likely N-dealkylation sites (N-methyl/N-ethyl adjacent to an activating group) is 1. The summed E-state index contributed by atoms with van der Waals surface area (Å²) in [5, 5.41) is 0.799. The lowest BCUT2D eigenvalue weighted by Gasteiger charge is -2.25. The fourth-order valence-corrected chi connectivity index (χ4v) is 4.65. The fourth-order valence-electron chi connectivity index (χ4n) is 3.55. The van der Waals surface area contributed by atoms with E-state index in [0.29, 0.717) is 13.0 Å². The minimum absolute atomic E-state index is 0. The predicted molar refractivity (Wildman–Crippen MR) is 131 cm³/mol. The van der Waals surface area contributed by atoms with E-state index in [4.69, 9.17) is 4.98 Å². The van der Waals surface area contributed by atoms with E-state index in [1.165, 1.54) is 16.7 Å². The van der Waals surface area contributed by atoms with Crippen LogP contribution < -0.4 is 4.90 Å². The van der Waals surface area contributed by atoms with E-state index in [0.717, 1.165) is 40.5 Å². The maximum absolute atomic E-state index is 13.4. The Morgan fingerprint density at radius 2 is 1.63 bits per heavy atom. The summed E-state index contributed by atoms with van der Waals surface area (Å²) in [6.07, 6.45) is 0.402. The van der Waals surface area contributed by atoms with Crippen molar-refractivity contribution in [1.29, 1.82) is 0 Å². The van der Waals surface area contributed by atoms with Crippen molar-refractivity contribution in [2.45, 2.75) is 41.0 Å². The smallest absolute Gasteiger partial charge is 0.233 e. The molecule has 0 atom stereocenters. The number of carbonyl (C=O) groups is 1. The van der Waals surface area contributed by atoms with Crippen LogP contribution in [0.5, 0.6) is 0 Å². The number of amides is 1. The van der Waals surface area contributed by atoms with E-state index in [1.54, 1.807) is 11.3 Å². The number of thiazole rings is 1. The zero-order valence-electron chi connectivity index (χ0n) is 18.6. The summed E-state index contributed by atoms with van der Waals surface area (Å²) in [7, 11) is 0. The first-order valence-corrected chi connectivity index (χ1v) is 11.2. The molecule has 0 aliphatic rings. The second-order valence-corrected chi connectivity index (χ2v) is 8.66. The molecule has 6 heteroatoms. The molecule has 1 amide bonds. The summed E-state index contributed by atoms with van der Waals surface area (Å²) in [6, 6.07) is 12.6. The number of anilines is 1. The molecule has 0 bridgehead atoms. The standard InChI is InChI=1S/C24H31N3OS.ClH/c1-6-26(7-2)12-13-27(23(28)16-20-10-8-17(3)14-19(20)5)24-25-21-11-9-18(4)15-22(21)29-24;/h8-11,14-15H,6-7,12-13,16H2,1-5H3;1H. The SMILES string of the molecule is CCN(CC)CCN(C(=O)Cc1ccc(C)cc1C)c1nc2ccc(C)cc2s1.Cl. The minimum atomic E-state index is 0. The van der Waals surface area contributed by atoms with Gasteiger partial charge in [0.15, 0.2) is 5.13 Å². The molecule has 162 valence electrons. The van der Waals surface area contributed by atoms with Crippen LogP contribution in [0.2, 0.25) is 0 Å². The molecule has 0 aliphatic carbocycles. The van der Waals surface area contributed by atoms with Crippen LogP contribution in [0, 0.1) is 20.8 Å². The van der Waals surface area contributed by atoms with Gasteiger partial charge < -0.3 is 4.90 Å². The zero-order chi connectivity index (χ0) is 21.0. The zero-order valence-corrected chi connectivity index (χ0v) is 20.2. The Labute approximate surface area is 190 Å². The number of rotatable bonds is 8. The molecule has 3 aromatic rings. The fraction of sp³-hybridized carbons (Fsp3) is 0.417. The van der Waals surface area contributed by atoms with Gasteiger partial charge in [0.1, 0.15) is 0 Å². The van der Waals surface area contributed by atoms with Crippen LogP contribution in [-0.2, 0) is 11.2 Å². The van der Waals surface area contributed by atoms with Gasteiger partial charge in [-0.1, -0.05) is 55.0 Å². The van der Waals surface area contributed by atoms with E-state index < -0.39 is 0 Å². The molecule has 3 rings (SSSR count). The normalized spacial score (nSPS) is 11.0. The summed E-state index contributed by atoms with van der Waals surface area (Å²) in [5.74, 6) is 0.111. The molecule has 0 saturated carbocycles. The molecule has 1 aromatic heterocycles. The Bertz CT molecular complexity index is 997. The molecule has 0 fully saturated rings. The first-order chi connectivity index (χ1) is 13.9. The van der Waals surface area contributed by atoms with Gasteiger partial charge in [-0.25, -0.2) is 4.98 Å². The number of benzene rings is 2. The van der Waals surface area contributed by atoms with Gasteiger partial charge in [0, 0.05) is 13.1 Å². The lowest BCUT2D eigenvalue weighted by atomic mass is 10.0. The molecule has 0 aliphatic heterocycles. The quantitative estimate of drug-likeness (QED) is 0.455. The van der Waals surface area contributed by atoms with Crippen molar-refractivity contribution in [3.05, 3.63) is 58.7 Å². The number of fused-ring (bicyclic) bond motifs is 1. The van der Waals surface area contributed by atoms with Crippen molar-refractivity contribution in [1.82, 2.24) is 9.88 Å². The van der Waals surface area contributed by atoms with Crippen molar-refractivity contribution in [3.8, 4) is 0 Å². The molecular weight excluding hydrogens is 414 g/mol. The van der Waals surface area contributed by atoms with Crippen LogP contribution in [0.25, 0.3) is 10.2 Å². The number of hydrogen-bond acceptors (Lipinski definition) is 4. The van der Waals surface area contributed by atoms with Gasteiger partial charge in [0.2, 0.25) is 5.91 Å². The van der Waals surface area contributed by atoms with E-state index in [1.807, 2.05) is 11.0 Å². The van der Waals surface area contributed by atoms with Crippen molar-refractivity contribution in [2.75, 3.05) is 31.1 Å². The van der Waals surface area contributed by atoms with E-state index in [-0.39, 0.29) is 18.3 Å². The molecule has 0 unspecified atom stereocenters. The predicted octanol–water partition coefficient (Wildman–Crippen LogP) is 5.56. The first kappa shape index (κ1) is 24.3. The number of nitrogens with zero attached hydrogens (tertiary/aromatic N) is 3. The second-order valence-electron chi connectivity index (χ2n) is 7.65. The van der Waals surface area contributed by atoms with Gasteiger partial charge in [0.05, 0.1) is 16.6 Å². The number of halogens is 1. The van der Waals surface area contributed by atoms with Gasteiger partial charge in [-0.2, -0.15) is 0 Å². The van der Waals surface area contributed by atoms with Crippen LogP contribution in [0.1, 0.15) is 36.1 Å². The Morgan fingerprint density at radius 3 is 2.30 bits per heavy atom. The van der Waals surface area contributed by atoms with Gasteiger partial charge in [-0.3, -0.25) is 9.69 Å². The highest BCUT2D eigenvalue weighted by molar-refractivity contribution is 7.22. The van der Waals surface area contributed by atoms with Crippen molar-refractivity contribution < 1.29 is 4.79 Å². The van der Waals surface area contributed by atoms with Crippen LogP contribution in [0.4, 0.5) is 5.13 Å². The Morgan fingerprint density at radius 1 is 0.967 bits per heavy atom. The molecule has 2 aromatic carbocycles. The third-order valence-electron chi connectivity index (χ3n) is 5.44.